The third kappa shape index (κ3) is 4.30. The van der Waals surface area contributed by atoms with Gasteiger partial charge in [0.15, 0.2) is 0 Å². The van der Waals surface area contributed by atoms with Crippen LogP contribution in [0.15, 0.2) is 36.9 Å². The monoisotopic (exact) mass is 298 g/mol. The van der Waals surface area contributed by atoms with Crippen LogP contribution in [-0.2, 0) is 23.9 Å². The van der Waals surface area contributed by atoms with Gasteiger partial charge < -0.3 is 5.32 Å². The fraction of sp³-hybridized carbons (Fsp3) is 0.308. The van der Waals surface area contributed by atoms with Crippen LogP contribution in [0.1, 0.15) is 11.1 Å². The molecule has 1 heterocycles. The number of alkyl halides is 3. The van der Waals surface area contributed by atoms with E-state index in [2.05, 4.69) is 15.4 Å². The number of aromatic nitrogens is 3. The van der Waals surface area contributed by atoms with E-state index in [1.165, 1.54) is 29.5 Å². The molecule has 0 aliphatic rings. The van der Waals surface area contributed by atoms with Crippen molar-refractivity contribution in [1.82, 2.24) is 20.1 Å². The molecule has 0 fully saturated rings. The fourth-order valence-electron chi connectivity index (χ4n) is 1.87. The molecular weight excluding hydrogens is 285 g/mol. The highest BCUT2D eigenvalue weighted by molar-refractivity contribution is 5.75. The summed E-state index contributed by atoms with van der Waals surface area (Å²) in [6.45, 7) is 0.113. The Morgan fingerprint density at radius 1 is 1.29 bits per heavy atom. The van der Waals surface area contributed by atoms with Crippen LogP contribution in [0, 0.1) is 0 Å². The number of rotatable bonds is 5. The Bertz CT molecular complexity index is 596. The standard InChI is InChI=1S/C13H13F3N4O/c14-13(15,16)11-4-2-1-3-10(11)5-6-18-12(21)7-20-9-17-8-19-20/h1-4,8-9H,5-7H2,(H,18,21). The van der Waals surface area contributed by atoms with Gasteiger partial charge in [0, 0.05) is 6.54 Å². The summed E-state index contributed by atoms with van der Waals surface area (Å²) in [5.74, 6) is -0.329. The van der Waals surface area contributed by atoms with Gasteiger partial charge in [-0.25, -0.2) is 9.67 Å². The Kier molecular flexibility index (Phi) is 4.56. The van der Waals surface area contributed by atoms with E-state index >= 15 is 0 Å². The first-order valence-corrected chi connectivity index (χ1v) is 6.21. The Morgan fingerprint density at radius 3 is 2.71 bits per heavy atom. The maximum Gasteiger partial charge on any atom is 0.416 e. The molecule has 1 N–H and O–H groups in total. The normalized spacial score (nSPS) is 11.4. The van der Waals surface area contributed by atoms with Gasteiger partial charge in [0.05, 0.1) is 5.56 Å². The SMILES string of the molecule is O=C(Cn1cncn1)NCCc1ccccc1C(F)(F)F. The van der Waals surface area contributed by atoms with Gasteiger partial charge in [-0.1, -0.05) is 18.2 Å². The number of amides is 1. The summed E-state index contributed by atoms with van der Waals surface area (Å²) in [5, 5.41) is 6.32. The van der Waals surface area contributed by atoms with Crippen molar-refractivity contribution in [1.29, 1.82) is 0 Å². The molecule has 21 heavy (non-hydrogen) atoms. The summed E-state index contributed by atoms with van der Waals surface area (Å²) >= 11 is 0. The van der Waals surface area contributed by atoms with Crippen molar-refractivity contribution in [3.05, 3.63) is 48.0 Å². The second kappa shape index (κ2) is 6.38. The average molecular weight is 298 g/mol. The molecule has 1 aromatic heterocycles. The van der Waals surface area contributed by atoms with Gasteiger partial charge >= 0.3 is 6.18 Å². The van der Waals surface area contributed by atoms with E-state index in [9.17, 15) is 18.0 Å². The summed E-state index contributed by atoms with van der Waals surface area (Å²) in [6, 6.07) is 5.33. The highest BCUT2D eigenvalue weighted by atomic mass is 19.4. The molecule has 1 aromatic carbocycles. The zero-order valence-electron chi connectivity index (χ0n) is 11.0. The molecule has 1 amide bonds. The molecule has 2 aromatic rings. The Labute approximate surface area is 118 Å². The predicted molar refractivity (Wildman–Crippen MR) is 68.2 cm³/mol. The molecule has 0 aliphatic carbocycles. The Balaban J connectivity index is 1.88. The van der Waals surface area contributed by atoms with Gasteiger partial charge in [-0.3, -0.25) is 4.79 Å². The summed E-state index contributed by atoms with van der Waals surface area (Å²) < 4.78 is 39.7. The largest absolute Gasteiger partial charge is 0.416 e. The van der Waals surface area contributed by atoms with E-state index in [0.29, 0.717) is 0 Å². The van der Waals surface area contributed by atoms with Gasteiger partial charge in [0.1, 0.15) is 19.2 Å². The van der Waals surface area contributed by atoms with Crippen molar-refractivity contribution in [2.45, 2.75) is 19.1 Å². The van der Waals surface area contributed by atoms with Gasteiger partial charge in [0.25, 0.3) is 0 Å². The van der Waals surface area contributed by atoms with Gasteiger partial charge in [-0.15, -0.1) is 0 Å². The van der Waals surface area contributed by atoms with Crippen LogP contribution in [0.4, 0.5) is 13.2 Å². The van der Waals surface area contributed by atoms with Crippen molar-refractivity contribution in [3.63, 3.8) is 0 Å². The van der Waals surface area contributed by atoms with E-state index in [-0.39, 0.29) is 31.0 Å². The van der Waals surface area contributed by atoms with Gasteiger partial charge in [-0.05, 0) is 18.1 Å². The number of benzene rings is 1. The number of carbonyl (C=O) groups excluding carboxylic acids is 1. The highest BCUT2D eigenvalue weighted by Crippen LogP contribution is 2.31. The van der Waals surface area contributed by atoms with Gasteiger partial charge in [-0.2, -0.15) is 18.3 Å². The maximum atomic E-state index is 12.8. The minimum atomic E-state index is -4.39. The second-order valence-electron chi connectivity index (χ2n) is 4.35. The predicted octanol–water partition coefficient (Wildman–Crippen LogP) is 1.66. The lowest BCUT2D eigenvalue weighted by Gasteiger charge is -2.12. The topological polar surface area (TPSA) is 59.8 Å². The minimum absolute atomic E-state index is 0.0130. The molecule has 0 atom stereocenters. The van der Waals surface area contributed by atoms with Crippen molar-refractivity contribution < 1.29 is 18.0 Å². The molecule has 0 unspecified atom stereocenters. The quantitative estimate of drug-likeness (QED) is 0.913. The summed E-state index contributed by atoms with van der Waals surface area (Å²) in [6.07, 6.45) is -1.59. The van der Waals surface area contributed by atoms with Crippen LogP contribution in [0.5, 0.6) is 0 Å². The molecule has 0 aliphatic heterocycles. The van der Waals surface area contributed by atoms with Crippen molar-refractivity contribution >= 4 is 5.91 Å². The van der Waals surface area contributed by atoms with E-state index in [1.54, 1.807) is 6.07 Å². The fourth-order valence-corrected chi connectivity index (χ4v) is 1.87. The second-order valence-corrected chi connectivity index (χ2v) is 4.35. The molecule has 2 rings (SSSR count). The van der Waals surface area contributed by atoms with E-state index < -0.39 is 11.7 Å². The lowest BCUT2D eigenvalue weighted by atomic mass is 10.0. The van der Waals surface area contributed by atoms with Crippen LogP contribution in [0.25, 0.3) is 0 Å². The van der Waals surface area contributed by atoms with Crippen LogP contribution >= 0.6 is 0 Å². The number of hydrogen-bond donors (Lipinski definition) is 1. The molecule has 112 valence electrons. The molecule has 0 saturated heterocycles. The number of nitrogens with zero attached hydrogens (tertiary/aromatic N) is 3. The summed E-state index contributed by atoms with van der Waals surface area (Å²) in [5.41, 5.74) is -0.512. The molecule has 0 saturated carbocycles. The van der Waals surface area contributed by atoms with Crippen molar-refractivity contribution in [2.24, 2.45) is 0 Å². The maximum absolute atomic E-state index is 12.8. The average Bonchev–Trinajstić information content (AvgIpc) is 2.91. The van der Waals surface area contributed by atoms with Crippen molar-refractivity contribution in [2.75, 3.05) is 6.54 Å². The number of carbonyl (C=O) groups is 1. The summed E-state index contributed by atoms with van der Waals surface area (Å²) in [7, 11) is 0. The Hall–Kier alpha value is -2.38. The van der Waals surface area contributed by atoms with Crippen LogP contribution in [-0.4, -0.2) is 27.2 Å². The van der Waals surface area contributed by atoms with E-state index in [4.69, 9.17) is 0 Å². The third-order valence-electron chi connectivity index (χ3n) is 2.81. The number of halogens is 3. The zero-order valence-corrected chi connectivity index (χ0v) is 11.0. The molecule has 0 spiro atoms. The van der Waals surface area contributed by atoms with Crippen LogP contribution in [0.2, 0.25) is 0 Å². The van der Waals surface area contributed by atoms with E-state index in [0.717, 1.165) is 6.07 Å². The first kappa shape index (κ1) is 15.0. The number of nitrogens with one attached hydrogen (secondary N) is 1. The van der Waals surface area contributed by atoms with Crippen LogP contribution in [0.3, 0.4) is 0 Å². The molecule has 0 bridgehead atoms. The first-order chi connectivity index (χ1) is 9.97. The zero-order chi connectivity index (χ0) is 15.3. The smallest absolute Gasteiger partial charge is 0.354 e. The van der Waals surface area contributed by atoms with E-state index in [1.807, 2.05) is 0 Å². The lowest BCUT2D eigenvalue weighted by molar-refractivity contribution is -0.138. The van der Waals surface area contributed by atoms with Crippen LogP contribution < -0.4 is 5.32 Å². The minimum Gasteiger partial charge on any atom is -0.354 e. The molecule has 8 heteroatoms. The lowest BCUT2D eigenvalue weighted by Crippen LogP contribution is -2.29. The van der Waals surface area contributed by atoms with Crippen molar-refractivity contribution in [3.8, 4) is 0 Å². The summed E-state index contributed by atoms with van der Waals surface area (Å²) in [4.78, 5) is 15.2. The van der Waals surface area contributed by atoms with Gasteiger partial charge in [0.2, 0.25) is 5.91 Å². The first-order valence-electron chi connectivity index (χ1n) is 6.21. The molecule has 5 nitrogen and oxygen atoms in total. The number of hydrogen-bond acceptors (Lipinski definition) is 3. The molecule has 0 radical (unpaired) electrons. The Morgan fingerprint density at radius 2 is 2.05 bits per heavy atom. The molecular formula is C13H13F3N4O. The highest BCUT2D eigenvalue weighted by Gasteiger charge is 2.32. The third-order valence-corrected chi connectivity index (χ3v) is 2.81.